The van der Waals surface area contributed by atoms with E-state index in [9.17, 15) is 13.2 Å². The van der Waals surface area contributed by atoms with Crippen molar-refractivity contribution in [3.8, 4) is 0 Å². The summed E-state index contributed by atoms with van der Waals surface area (Å²) in [4.78, 5) is 17.2. The number of carbonyl (C=O) groups is 1. The summed E-state index contributed by atoms with van der Waals surface area (Å²) in [5.41, 5.74) is 1.81. The molecule has 3 N–H and O–H groups in total. The van der Waals surface area contributed by atoms with Gasteiger partial charge in [-0.15, -0.1) is 0 Å². The third kappa shape index (κ3) is 4.05. The van der Waals surface area contributed by atoms with Crippen molar-refractivity contribution in [1.82, 2.24) is 10.5 Å². The number of nitrogens with zero attached hydrogens (tertiary/aromatic N) is 1. The highest BCUT2D eigenvalue weighted by Crippen LogP contribution is 2.16. The third-order valence-electron chi connectivity index (χ3n) is 2.67. The molecular formula is C8H17N3O4S. The molecule has 0 radical (unpaired) electrons. The summed E-state index contributed by atoms with van der Waals surface area (Å²) in [6.45, 7) is 0.459. The van der Waals surface area contributed by atoms with Gasteiger partial charge in [-0.2, -0.15) is 0 Å². The molecule has 1 rings (SSSR count). The molecule has 7 nitrogen and oxygen atoms in total. The van der Waals surface area contributed by atoms with Crippen LogP contribution in [0.2, 0.25) is 0 Å². The molecule has 94 valence electrons. The summed E-state index contributed by atoms with van der Waals surface area (Å²) in [6, 6.07) is 0.00337. The van der Waals surface area contributed by atoms with Gasteiger partial charge >= 0.3 is 5.97 Å². The van der Waals surface area contributed by atoms with E-state index in [1.165, 1.54) is 0 Å². The Morgan fingerprint density at radius 2 is 2.31 bits per heavy atom. The third-order valence-corrected chi connectivity index (χ3v) is 4.42. The van der Waals surface area contributed by atoms with E-state index >= 15 is 0 Å². The van der Waals surface area contributed by atoms with Crippen LogP contribution in [-0.2, 0) is 19.5 Å². The van der Waals surface area contributed by atoms with Crippen LogP contribution in [0, 0.1) is 0 Å². The Balaban J connectivity index is 2.31. The largest absolute Gasteiger partial charge is 0.356 e. The van der Waals surface area contributed by atoms with Gasteiger partial charge < -0.3 is 9.74 Å². The van der Waals surface area contributed by atoms with Gasteiger partial charge in [0.1, 0.15) is 0 Å². The Bertz CT molecular complexity index is 343. The molecule has 1 heterocycles. The van der Waals surface area contributed by atoms with E-state index in [0.717, 1.165) is 0 Å². The number of hydrogen-bond donors (Lipinski definition) is 2. The minimum absolute atomic E-state index is 0.00337. The fourth-order valence-electron chi connectivity index (χ4n) is 1.69. The maximum absolute atomic E-state index is 11.2. The van der Waals surface area contributed by atoms with Crippen LogP contribution in [-0.4, -0.2) is 50.4 Å². The summed E-state index contributed by atoms with van der Waals surface area (Å²) in [6.07, 6.45) is 0.806. The zero-order valence-electron chi connectivity index (χ0n) is 9.18. The Morgan fingerprint density at radius 3 is 2.81 bits per heavy atom. The fourth-order valence-corrected chi connectivity index (χ4v) is 3.50. The number of nitrogens with two attached hydrogens (primary N) is 1. The number of rotatable bonds is 5. The lowest BCUT2D eigenvalue weighted by Crippen LogP contribution is -2.35. The van der Waals surface area contributed by atoms with Crippen LogP contribution in [0.4, 0.5) is 0 Å². The first kappa shape index (κ1) is 13.4. The minimum Gasteiger partial charge on any atom is -0.356 e. The Hall–Kier alpha value is -0.700. The summed E-state index contributed by atoms with van der Waals surface area (Å²) >= 11 is 0. The van der Waals surface area contributed by atoms with Crippen LogP contribution in [0.25, 0.3) is 0 Å². The van der Waals surface area contributed by atoms with E-state index in [-0.39, 0.29) is 24.0 Å². The molecule has 0 bridgehead atoms. The van der Waals surface area contributed by atoms with Crippen molar-refractivity contribution in [2.45, 2.75) is 18.9 Å². The average Bonchev–Trinajstić information content (AvgIpc) is 2.56. The summed E-state index contributed by atoms with van der Waals surface area (Å²) < 4.78 is 22.5. The standard InChI is InChI=1S/C8H17N3O4S/c1-11(4-2-8(12)15-10-9)7-3-5-16(13,14)6-7/h7,10H,2-6,9H2,1H3. The van der Waals surface area contributed by atoms with Gasteiger partial charge in [0.25, 0.3) is 0 Å². The topological polar surface area (TPSA) is 102 Å². The first-order valence-electron chi connectivity index (χ1n) is 5.00. The molecule has 0 saturated carbocycles. The van der Waals surface area contributed by atoms with E-state index in [1.54, 1.807) is 7.05 Å². The Morgan fingerprint density at radius 1 is 1.62 bits per heavy atom. The smallest absolute Gasteiger partial charge is 0.327 e. The van der Waals surface area contributed by atoms with Crippen LogP contribution in [0.5, 0.6) is 0 Å². The van der Waals surface area contributed by atoms with E-state index in [4.69, 9.17) is 5.84 Å². The van der Waals surface area contributed by atoms with E-state index in [1.807, 2.05) is 10.5 Å². The zero-order chi connectivity index (χ0) is 12.2. The van der Waals surface area contributed by atoms with Gasteiger partial charge in [0.15, 0.2) is 9.84 Å². The predicted molar refractivity (Wildman–Crippen MR) is 57.7 cm³/mol. The molecule has 0 amide bonds. The van der Waals surface area contributed by atoms with Gasteiger partial charge in [-0.1, -0.05) is 5.59 Å². The minimum atomic E-state index is -2.88. The van der Waals surface area contributed by atoms with Crippen molar-refractivity contribution in [2.24, 2.45) is 5.84 Å². The van der Waals surface area contributed by atoms with Crippen LogP contribution in [0.3, 0.4) is 0 Å². The molecule has 1 saturated heterocycles. The van der Waals surface area contributed by atoms with Gasteiger partial charge in [-0.05, 0) is 13.5 Å². The van der Waals surface area contributed by atoms with Crippen molar-refractivity contribution < 1.29 is 18.0 Å². The highest BCUT2D eigenvalue weighted by molar-refractivity contribution is 7.91. The molecule has 1 atom stereocenters. The zero-order valence-corrected chi connectivity index (χ0v) is 10.00. The molecule has 0 spiro atoms. The number of carbonyl (C=O) groups excluding carboxylic acids is 1. The molecule has 1 aliphatic heterocycles. The first-order chi connectivity index (χ1) is 7.44. The normalized spacial score (nSPS) is 23.6. The predicted octanol–water partition coefficient (Wildman–Crippen LogP) is -1.58. The molecule has 0 aromatic heterocycles. The lowest BCUT2D eigenvalue weighted by molar-refractivity contribution is -0.151. The van der Waals surface area contributed by atoms with Crippen LogP contribution in [0.15, 0.2) is 0 Å². The van der Waals surface area contributed by atoms with Gasteiger partial charge in [-0.3, -0.25) is 4.79 Å². The van der Waals surface area contributed by atoms with Gasteiger partial charge in [-0.25, -0.2) is 14.3 Å². The fraction of sp³-hybridized carbons (Fsp3) is 0.875. The molecule has 1 unspecified atom stereocenters. The Labute approximate surface area is 94.8 Å². The number of hydrogen-bond acceptors (Lipinski definition) is 7. The lowest BCUT2D eigenvalue weighted by atomic mass is 10.2. The SMILES string of the molecule is CN(CCC(=O)ONN)C1CCS(=O)(=O)C1. The molecule has 1 aliphatic rings. The Kier molecular flexibility index (Phi) is 4.66. The average molecular weight is 251 g/mol. The number of nitrogens with one attached hydrogen (secondary N) is 1. The lowest BCUT2D eigenvalue weighted by Gasteiger charge is -2.22. The van der Waals surface area contributed by atoms with Crippen molar-refractivity contribution in [2.75, 3.05) is 25.1 Å². The molecule has 0 aliphatic carbocycles. The summed E-state index contributed by atoms with van der Waals surface area (Å²) in [5.74, 6) is 4.75. The van der Waals surface area contributed by atoms with Crippen molar-refractivity contribution in [3.05, 3.63) is 0 Å². The number of hydrazine groups is 1. The highest BCUT2D eigenvalue weighted by atomic mass is 32.2. The monoisotopic (exact) mass is 251 g/mol. The maximum atomic E-state index is 11.2. The molecule has 1 fully saturated rings. The second-order valence-electron chi connectivity index (χ2n) is 3.88. The molecule has 0 aromatic carbocycles. The summed E-state index contributed by atoms with van der Waals surface area (Å²) in [7, 11) is -1.08. The second-order valence-corrected chi connectivity index (χ2v) is 6.11. The van der Waals surface area contributed by atoms with E-state index in [2.05, 4.69) is 4.84 Å². The van der Waals surface area contributed by atoms with Crippen LogP contribution >= 0.6 is 0 Å². The quantitative estimate of drug-likeness (QED) is 0.449. The van der Waals surface area contributed by atoms with Crippen molar-refractivity contribution in [3.63, 3.8) is 0 Å². The van der Waals surface area contributed by atoms with Crippen LogP contribution in [0.1, 0.15) is 12.8 Å². The van der Waals surface area contributed by atoms with Crippen LogP contribution < -0.4 is 11.4 Å². The molecule has 16 heavy (non-hydrogen) atoms. The molecule has 0 aromatic rings. The molecule has 8 heteroatoms. The second kappa shape index (κ2) is 5.58. The van der Waals surface area contributed by atoms with Gasteiger partial charge in [0.2, 0.25) is 0 Å². The van der Waals surface area contributed by atoms with E-state index < -0.39 is 15.8 Å². The highest BCUT2D eigenvalue weighted by Gasteiger charge is 2.30. The van der Waals surface area contributed by atoms with Gasteiger partial charge in [0, 0.05) is 12.6 Å². The van der Waals surface area contributed by atoms with E-state index in [0.29, 0.717) is 13.0 Å². The first-order valence-corrected chi connectivity index (χ1v) is 6.82. The van der Waals surface area contributed by atoms with Crippen molar-refractivity contribution >= 4 is 15.8 Å². The molecular weight excluding hydrogens is 234 g/mol. The number of sulfone groups is 1. The maximum Gasteiger partial charge on any atom is 0.327 e. The van der Waals surface area contributed by atoms with Gasteiger partial charge in [0.05, 0.1) is 17.9 Å². The van der Waals surface area contributed by atoms with Crippen molar-refractivity contribution in [1.29, 1.82) is 0 Å². The summed E-state index contributed by atoms with van der Waals surface area (Å²) in [5, 5.41) is 0.